The van der Waals surface area contributed by atoms with E-state index in [1.165, 1.54) is 0 Å². The highest BCUT2D eigenvalue weighted by Crippen LogP contribution is 1.97. The first-order chi connectivity index (χ1) is 3.68. The van der Waals surface area contributed by atoms with E-state index in [2.05, 4.69) is 6.58 Å². The van der Waals surface area contributed by atoms with Gasteiger partial charge in [0, 0.05) is 0 Å². The maximum Gasteiger partial charge on any atom is 0.0926 e. The van der Waals surface area contributed by atoms with Gasteiger partial charge in [-0.1, -0.05) is 18.7 Å². The van der Waals surface area contributed by atoms with Crippen molar-refractivity contribution < 1.29 is 5.11 Å². The third-order valence-electron chi connectivity index (χ3n) is 0.880. The molecule has 1 atom stereocenters. The van der Waals surface area contributed by atoms with E-state index in [4.69, 9.17) is 5.11 Å². The molecule has 1 N–H and O–H groups in total. The third kappa shape index (κ3) is 2.59. The highest BCUT2D eigenvalue weighted by Gasteiger charge is 1.94. The Labute approximate surface area is 50.3 Å². The van der Waals surface area contributed by atoms with Crippen molar-refractivity contribution in [3.8, 4) is 0 Å². The minimum absolute atomic E-state index is 0.458. The predicted octanol–water partition coefficient (Wildman–Crippen LogP) is 1.50. The van der Waals surface area contributed by atoms with E-state index >= 15 is 0 Å². The van der Waals surface area contributed by atoms with Crippen molar-refractivity contribution in [3.63, 3.8) is 0 Å². The summed E-state index contributed by atoms with van der Waals surface area (Å²) in [6, 6.07) is 0. The quantitative estimate of drug-likeness (QED) is 0.537. The maximum absolute atomic E-state index is 8.94. The molecule has 0 radical (unpaired) electrons. The van der Waals surface area contributed by atoms with Crippen molar-refractivity contribution in [2.24, 2.45) is 0 Å². The van der Waals surface area contributed by atoms with Gasteiger partial charge in [0.2, 0.25) is 0 Å². The van der Waals surface area contributed by atoms with Crippen LogP contribution >= 0.6 is 0 Å². The molecule has 0 aromatic carbocycles. The molecule has 0 aromatic heterocycles. The molecule has 0 fully saturated rings. The summed E-state index contributed by atoms with van der Waals surface area (Å²) in [7, 11) is 0. The van der Waals surface area contributed by atoms with Gasteiger partial charge in [0.1, 0.15) is 0 Å². The summed E-state index contributed by atoms with van der Waals surface area (Å²) in [5, 5.41) is 8.94. The first-order valence-electron chi connectivity index (χ1n) is 2.64. The van der Waals surface area contributed by atoms with Crippen molar-refractivity contribution in [2.75, 3.05) is 0 Å². The number of aliphatic hydroxyl groups is 1. The lowest BCUT2D eigenvalue weighted by atomic mass is 10.2. The van der Waals surface area contributed by atoms with Gasteiger partial charge in [-0.3, -0.25) is 0 Å². The van der Waals surface area contributed by atoms with Crippen molar-refractivity contribution in [1.29, 1.82) is 0 Å². The molecule has 0 saturated carbocycles. The fraction of sp³-hybridized carbons (Fsp3) is 0.429. The lowest BCUT2D eigenvalue weighted by Crippen LogP contribution is -2.01. The molecule has 0 aliphatic rings. The zero-order valence-corrected chi connectivity index (χ0v) is 5.39. The van der Waals surface area contributed by atoms with Crippen LogP contribution in [0.4, 0.5) is 0 Å². The van der Waals surface area contributed by atoms with Crippen LogP contribution in [0.15, 0.2) is 24.3 Å². The lowest BCUT2D eigenvalue weighted by molar-refractivity contribution is 0.259. The van der Waals surface area contributed by atoms with Crippen LogP contribution in [0.1, 0.15) is 13.8 Å². The molecule has 46 valence electrons. The van der Waals surface area contributed by atoms with Crippen LogP contribution < -0.4 is 0 Å². The topological polar surface area (TPSA) is 20.2 Å². The van der Waals surface area contributed by atoms with Crippen LogP contribution in [0.25, 0.3) is 0 Å². The van der Waals surface area contributed by atoms with E-state index in [1.807, 2.05) is 6.92 Å². The molecule has 0 saturated heterocycles. The fourth-order valence-corrected chi connectivity index (χ4v) is 0.347. The van der Waals surface area contributed by atoms with Crippen molar-refractivity contribution in [3.05, 3.63) is 24.3 Å². The fourth-order valence-electron chi connectivity index (χ4n) is 0.347. The molecule has 0 rings (SSSR count). The predicted molar refractivity (Wildman–Crippen MR) is 35.6 cm³/mol. The number of hydrogen-bond acceptors (Lipinski definition) is 1. The third-order valence-corrected chi connectivity index (χ3v) is 0.880. The van der Waals surface area contributed by atoms with Gasteiger partial charge in [-0.2, -0.15) is 0 Å². The number of hydrogen-bond donors (Lipinski definition) is 1. The molecule has 8 heavy (non-hydrogen) atoms. The van der Waals surface area contributed by atoms with Crippen LogP contribution in [0, 0.1) is 0 Å². The van der Waals surface area contributed by atoms with Crippen LogP contribution in [-0.2, 0) is 0 Å². The average Bonchev–Trinajstić information content (AvgIpc) is 1.67. The average molecular weight is 112 g/mol. The normalized spacial score (nSPS) is 14.4. The molecule has 0 aliphatic carbocycles. The van der Waals surface area contributed by atoms with Gasteiger partial charge in [-0.05, 0) is 19.4 Å². The van der Waals surface area contributed by atoms with Gasteiger partial charge < -0.3 is 5.11 Å². The minimum atomic E-state index is -0.458. The van der Waals surface area contributed by atoms with Gasteiger partial charge in [-0.15, -0.1) is 0 Å². The van der Waals surface area contributed by atoms with Crippen molar-refractivity contribution in [1.82, 2.24) is 0 Å². The highest BCUT2D eigenvalue weighted by atomic mass is 16.3. The molecule has 1 heteroatoms. The first-order valence-corrected chi connectivity index (χ1v) is 2.64. The number of aliphatic hydroxyl groups excluding tert-OH is 1. The Morgan fingerprint density at radius 1 is 1.75 bits per heavy atom. The van der Waals surface area contributed by atoms with Crippen LogP contribution in [0.2, 0.25) is 0 Å². The summed E-state index contributed by atoms with van der Waals surface area (Å²) in [5.74, 6) is 0. The van der Waals surface area contributed by atoms with E-state index in [1.54, 1.807) is 19.1 Å². The van der Waals surface area contributed by atoms with Crippen LogP contribution in [-0.4, -0.2) is 11.2 Å². The standard InChI is InChI=1S/C7H12O/c1-4-5-7(8)6(2)3/h4-5,7-8H,2H2,1,3H3/b5-4+. The number of rotatable bonds is 2. The number of allylic oxidation sites excluding steroid dienone is 1. The first kappa shape index (κ1) is 7.44. The Kier molecular flexibility index (Phi) is 3.20. The molecule has 0 heterocycles. The molecule has 0 aromatic rings. The smallest absolute Gasteiger partial charge is 0.0926 e. The van der Waals surface area contributed by atoms with Gasteiger partial charge in [-0.25, -0.2) is 0 Å². The zero-order chi connectivity index (χ0) is 6.57. The van der Waals surface area contributed by atoms with E-state index < -0.39 is 6.10 Å². The summed E-state index contributed by atoms with van der Waals surface area (Å²) in [6.07, 6.45) is 3.04. The molecule has 1 unspecified atom stereocenters. The van der Waals surface area contributed by atoms with Crippen LogP contribution in [0.5, 0.6) is 0 Å². The van der Waals surface area contributed by atoms with Crippen LogP contribution in [0.3, 0.4) is 0 Å². The Morgan fingerprint density at radius 3 is 2.38 bits per heavy atom. The summed E-state index contributed by atoms with van der Waals surface area (Å²) in [6.45, 7) is 7.24. The summed E-state index contributed by atoms with van der Waals surface area (Å²) in [4.78, 5) is 0. The molecule has 0 spiro atoms. The molecular formula is C7H12O. The van der Waals surface area contributed by atoms with E-state index in [0.29, 0.717) is 0 Å². The minimum Gasteiger partial charge on any atom is -0.385 e. The van der Waals surface area contributed by atoms with E-state index in [9.17, 15) is 0 Å². The van der Waals surface area contributed by atoms with E-state index in [-0.39, 0.29) is 0 Å². The molecular weight excluding hydrogens is 100 g/mol. The van der Waals surface area contributed by atoms with Gasteiger partial charge >= 0.3 is 0 Å². The van der Waals surface area contributed by atoms with Gasteiger partial charge in [0.25, 0.3) is 0 Å². The summed E-state index contributed by atoms with van der Waals surface area (Å²) in [5.41, 5.74) is 0.781. The molecule has 1 nitrogen and oxygen atoms in total. The molecule has 0 amide bonds. The van der Waals surface area contributed by atoms with Crippen molar-refractivity contribution in [2.45, 2.75) is 20.0 Å². The van der Waals surface area contributed by atoms with Crippen molar-refractivity contribution >= 4 is 0 Å². The second-order valence-corrected chi connectivity index (χ2v) is 1.82. The molecule has 0 bridgehead atoms. The SMILES string of the molecule is C=C(C)C(O)/C=C/C. The Bertz CT molecular complexity index is 103. The highest BCUT2D eigenvalue weighted by molar-refractivity contribution is 5.06. The van der Waals surface area contributed by atoms with Gasteiger partial charge in [0.05, 0.1) is 6.10 Å². The second kappa shape index (κ2) is 3.44. The van der Waals surface area contributed by atoms with Gasteiger partial charge in [0.15, 0.2) is 0 Å². The maximum atomic E-state index is 8.94. The Balaban J connectivity index is 3.64. The summed E-state index contributed by atoms with van der Waals surface area (Å²) < 4.78 is 0. The lowest BCUT2D eigenvalue weighted by Gasteiger charge is -2.00. The zero-order valence-electron chi connectivity index (χ0n) is 5.39. The second-order valence-electron chi connectivity index (χ2n) is 1.82. The van der Waals surface area contributed by atoms with E-state index in [0.717, 1.165) is 5.57 Å². The Morgan fingerprint density at radius 2 is 2.25 bits per heavy atom. The molecule has 0 aliphatic heterocycles. The summed E-state index contributed by atoms with van der Waals surface area (Å²) >= 11 is 0. The Hall–Kier alpha value is -0.560. The largest absolute Gasteiger partial charge is 0.385 e. The monoisotopic (exact) mass is 112 g/mol.